The number of benzene rings is 1. The van der Waals surface area contributed by atoms with Crippen molar-refractivity contribution in [1.82, 2.24) is 9.97 Å². The maximum Gasteiger partial charge on any atom is 0.277 e. The first-order chi connectivity index (χ1) is 11.0. The van der Waals surface area contributed by atoms with Gasteiger partial charge in [-0.25, -0.2) is 4.98 Å². The van der Waals surface area contributed by atoms with Gasteiger partial charge in [0.15, 0.2) is 11.0 Å². The summed E-state index contributed by atoms with van der Waals surface area (Å²) < 4.78 is 4.93. The smallest absolute Gasteiger partial charge is 0.277 e. The summed E-state index contributed by atoms with van der Waals surface area (Å²) in [6, 6.07) is 6.99. The largest absolute Gasteiger partial charge is 0.384 e. The third-order valence-electron chi connectivity index (χ3n) is 3.00. The molecule has 0 bridgehead atoms. The van der Waals surface area contributed by atoms with Gasteiger partial charge in [0.05, 0.1) is 6.61 Å². The Bertz CT molecular complexity index is 743. The number of anilines is 2. The van der Waals surface area contributed by atoms with Crippen molar-refractivity contribution in [3.8, 4) is 0 Å². The number of H-pyrrole nitrogens is 1. The van der Waals surface area contributed by atoms with E-state index < -0.39 is 11.5 Å². The second-order valence-corrected chi connectivity index (χ2v) is 5.88. The highest BCUT2D eigenvalue weighted by Crippen LogP contribution is 2.17. The number of nitrogens with two attached hydrogens (primary N) is 1. The molecule has 0 saturated heterocycles. The molecule has 0 spiro atoms. The molecule has 4 N–H and O–H groups in total. The zero-order valence-electron chi connectivity index (χ0n) is 12.9. The van der Waals surface area contributed by atoms with E-state index in [0.29, 0.717) is 23.1 Å². The highest BCUT2D eigenvalue weighted by Gasteiger charge is 2.13. The number of hydrogen-bond acceptors (Lipinski definition) is 6. The fourth-order valence-electron chi connectivity index (χ4n) is 1.77. The van der Waals surface area contributed by atoms with Crippen LogP contribution in [0.25, 0.3) is 0 Å². The molecule has 2 rings (SSSR count). The highest BCUT2D eigenvalue weighted by atomic mass is 32.2. The topological polar surface area (TPSA) is 110 Å². The van der Waals surface area contributed by atoms with E-state index in [9.17, 15) is 9.59 Å². The van der Waals surface area contributed by atoms with Gasteiger partial charge in [-0.15, -0.1) is 0 Å². The zero-order valence-corrected chi connectivity index (χ0v) is 13.7. The summed E-state index contributed by atoms with van der Waals surface area (Å²) in [6.07, 6.45) is 0. The molecule has 1 aromatic carbocycles. The van der Waals surface area contributed by atoms with Gasteiger partial charge in [0.1, 0.15) is 5.69 Å². The van der Waals surface area contributed by atoms with Gasteiger partial charge in [0.25, 0.3) is 11.5 Å². The Morgan fingerprint density at radius 3 is 2.70 bits per heavy atom. The number of aromatic amines is 1. The number of ether oxygens (including phenoxy) is 1. The number of rotatable bonds is 6. The monoisotopic (exact) mass is 334 g/mol. The predicted octanol–water partition coefficient (Wildman–Crippen LogP) is 1.65. The molecular formula is C15H18N4O3S. The lowest BCUT2D eigenvalue weighted by Crippen LogP contribution is -2.23. The minimum absolute atomic E-state index is 0.0193. The number of aryl methyl sites for hydroxylation is 1. The van der Waals surface area contributed by atoms with Gasteiger partial charge < -0.3 is 15.8 Å². The van der Waals surface area contributed by atoms with Crippen molar-refractivity contribution in [3.63, 3.8) is 0 Å². The van der Waals surface area contributed by atoms with Gasteiger partial charge in [-0.1, -0.05) is 29.5 Å². The number of nitrogens with zero attached hydrogens (tertiary/aromatic N) is 1. The van der Waals surface area contributed by atoms with Gasteiger partial charge in [0, 0.05) is 18.4 Å². The zero-order chi connectivity index (χ0) is 16.8. The molecule has 8 heteroatoms. The van der Waals surface area contributed by atoms with Crippen LogP contribution in [0.2, 0.25) is 0 Å². The van der Waals surface area contributed by atoms with Crippen LogP contribution >= 0.6 is 11.8 Å². The van der Waals surface area contributed by atoms with Crippen LogP contribution in [0.15, 0.2) is 34.2 Å². The molecule has 1 amide bonds. The number of nitrogen functional groups attached to an aromatic ring is 1. The Labute approximate surface area is 137 Å². The summed E-state index contributed by atoms with van der Waals surface area (Å²) in [4.78, 5) is 30.9. The van der Waals surface area contributed by atoms with E-state index in [1.807, 2.05) is 19.1 Å². The van der Waals surface area contributed by atoms with Crippen molar-refractivity contribution < 1.29 is 9.53 Å². The maximum absolute atomic E-state index is 12.2. The Hall–Kier alpha value is -2.32. The first kappa shape index (κ1) is 17.0. The molecule has 0 saturated carbocycles. The second kappa shape index (κ2) is 7.80. The fourth-order valence-corrected chi connectivity index (χ4v) is 2.54. The quantitative estimate of drug-likeness (QED) is 0.421. The number of carbonyl (C=O) groups excluding carboxylic acids is 1. The molecule has 1 aromatic heterocycles. The van der Waals surface area contributed by atoms with Gasteiger partial charge >= 0.3 is 0 Å². The molecule has 0 aliphatic rings. The van der Waals surface area contributed by atoms with Crippen LogP contribution < -0.4 is 16.6 Å². The molecule has 0 unspecified atom stereocenters. The van der Waals surface area contributed by atoms with E-state index in [1.54, 1.807) is 19.2 Å². The molecule has 0 radical (unpaired) electrons. The van der Waals surface area contributed by atoms with Gasteiger partial charge in [-0.05, 0) is 19.1 Å². The third kappa shape index (κ3) is 4.57. The molecule has 122 valence electrons. The van der Waals surface area contributed by atoms with Crippen molar-refractivity contribution in [2.75, 3.05) is 30.5 Å². The molecule has 0 fully saturated rings. The summed E-state index contributed by atoms with van der Waals surface area (Å²) in [7, 11) is 1.59. The minimum atomic E-state index is -0.488. The lowest BCUT2D eigenvalue weighted by Gasteiger charge is -2.08. The number of amides is 1. The van der Waals surface area contributed by atoms with Crippen molar-refractivity contribution in [2.24, 2.45) is 0 Å². The fraction of sp³-hybridized carbons (Fsp3) is 0.267. The van der Waals surface area contributed by atoms with Gasteiger partial charge in [-0.2, -0.15) is 0 Å². The first-order valence-electron chi connectivity index (χ1n) is 6.91. The van der Waals surface area contributed by atoms with E-state index in [4.69, 9.17) is 10.5 Å². The summed E-state index contributed by atoms with van der Waals surface area (Å²) in [5.74, 6) is 0.200. The Balaban J connectivity index is 2.15. The Morgan fingerprint density at radius 1 is 1.39 bits per heavy atom. The van der Waals surface area contributed by atoms with Crippen LogP contribution in [0.1, 0.15) is 15.9 Å². The van der Waals surface area contributed by atoms with Crippen molar-refractivity contribution in [3.05, 3.63) is 45.7 Å². The van der Waals surface area contributed by atoms with E-state index in [-0.39, 0.29) is 11.5 Å². The molecule has 23 heavy (non-hydrogen) atoms. The Morgan fingerprint density at radius 2 is 2.09 bits per heavy atom. The van der Waals surface area contributed by atoms with Gasteiger partial charge in [0.2, 0.25) is 0 Å². The van der Waals surface area contributed by atoms with E-state index in [2.05, 4.69) is 15.3 Å². The van der Waals surface area contributed by atoms with Crippen LogP contribution in [0.3, 0.4) is 0 Å². The van der Waals surface area contributed by atoms with Crippen LogP contribution in [0, 0.1) is 6.92 Å². The normalized spacial score (nSPS) is 10.5. The first-order valence-corrected chi connectivity index (χ1v) is 7.89. The number of thioether (sulfide) groups is 1. The third-order valence-corrected chi connectivity index (χ3v) is 3.84. The van der Waals surface area contributed by atoms with Crippen LogP contribution in [-0.4, -0.2) is 35.3 Å². The van der Waals surface area contributed by atoms with Crippen LogP contribution in [0.5, 0.6) is 0 Å². The molecule has 0 aliphatic carbocycles. The number of aromatic nitrogens is 2. The van der Waals surface area contributed by atoms with Crippen LogP contribution in [-0.2, 0) is 4.74 Å². The van der Waals surface area contributed by atoms with Crippen molar-refractivity contribution in [2.45, 2.75) is 12.1 Å². The molecule has 2 aromatic rings. The SMILES string of the molecule is COCCSc1nc(N)c(NC(=O)c2ccc(C)cc2)c(=O)[nH]1. The summed E-state index contributed by atoms with van der Waals surface area (Å²) in [6.45, 7) is 2.45. The molecule has 0 aliphatic heterocycles. The summed E-state index contributed by atoms with van der Waals surface area (Å²) >= 11 is 1.31. The number of methoxy groups -OCH3 is 1. The maximum atomic E-state index is 12.2. The predicted molar refractivity (Wildman–Crippen MR) is 91.0 cm³/mol. The van der Waals surface area contributed by atoms with E-state index in [0.717, 1.165) is 5.56 Å². The summed E-state index contributed by atoms with van der Waals surface area (Å²) in [5, 5.41) is 2.89. The van der Waals surface area contributed by atoms with Gasteiger partial charge in [-0.3, -0.25) is 14.6 Å². The Kier molecular flexibility index (Phi) is 5.78. The van der Waals surface area contributed by atoms with Crippen molar-refractivity contribution >= 4 is 29.2 Å². The molecule has 7 nitrogen and oxygen atoms in total. The number of carbonyl (C=O) groups is 1. The number of hydrogen-bond donors (Lipinski definition) is 3. The van der Waals surface area contributed by atoms with Crippen molar-refractivity contribution in [1.29, 1.82) is 0 Å². The lowest BCUT2D eigenvalue weighted by atomic mass is 10.1. The standard InChI is InChI=1S/C15H18N4O3S/c1-9-3-5-10(6-4-9)13(20)17-11-12(16)18-15(19-14(11)21)23-8-7-22-2/h3-6H,7-8H2,1-2H3,(H,17,20)(H3,16,18,19,21). The summed E-state index contributed by atoms with van der Waals surface area (Å²) in [5.41, 5.74) is 6.73. The highest BCUT2D eigenvalue weighted by molar-refractivity contribution is 7.99. The lowest BCUT2D eigenvalue weighted by molar-refractivity contribution is 0.102. The molecule has 0 atom stereocenters. The molecule has 1 heterocycles. The molecular weight excluding hydrogens is 316 g/mol. The van der Waals surface area contributed by atoms with E-state index >= 15 is 0 Å². The average Bonchev–Trinajstić information content (AvgIpc) is 2.51. The number of nitrogens with one attached hydrogen (secondary N) is 2. The van der Waals surface area contributed by atoms with Crippen LogP contribution in [0.4, 0.5) is 11.5 Å². The van der Waals surface area contributed by atoms with E-state index in [1.165, 1.54) is 11.8 Å². The average molecular weight is 334 g/mol. The second-order valence-electron chi connectivity index (χ2n) is 4.79. The minimum Gasteiger partial charge on any atom is -0.384 e.